The number of pyridine rings is 1. The van der Waals surface area contributed by atoms with Crippen LogP contribution in [0.3, 0.4) is 0 Å². The molecule has 0 atom stereocenters. The highest BCUT2D eigenvalue weighted by Crippen LogP contribution is 2.22. The van der Waals surface area contributed by atoms with Crippen LogP contribution in [0.2, 0.25) is 10.2 Å². The number of aromatic nitrogens is 1. The zero-order valence-corrected chi connectivity index (χ0v) is 6.52. The van der Waals surface area contributed by atoms with E-state index in [-0.39, 0.29) is 11.8 Å². The molecule has 2 nitrogen and oxygen atoms in total. The van der Waals surface area contributed by atoms with Crippen LogP contribution >= 0.6 is 23.2 Å². The average molecular weight is 178 g/mol. The predicted octanol–water partition coefficient (Wildman–Crippen LogP) is 1.88. The van der Waals surface area contributed by atoms with E-state index >= 15 is 0 Å². The minimum atomic E-state index is -0.110. The molecular weight excluding hydrogens is 173 g/mol. The molecule has 1 aromatic rings. The molecule has 1 rings (SSSR count). The van der Waals surface area contributed by atoms with Crippen molar-refractivity contribution < 1.29 is 5.11 Å². The first-order chi connectivity index (χ1) is 4.75. The highest BCUT2D eigenvalue weighted by atomic mass is 35.5. The molecule has 0 aromatic carbocycles. The normalized spacial score (nSPS) is 9.90. The van der Waals surface area contributed by atoms with E-state index in [2.05, 4.69) is 4.98 Å². The quantitative estimate of drug-likeness (QED) is 0.666. The summed E-state index contributed by atoms with van der Waals surface area (Å²) < 4.78 is 0. The fourth-order valence-corrected chi connectivity index (χ4v) is 0.926. The molecule has 1 aromatic heterocycles. The minimum absolute atomic E-state index is 0.110. The lowest BCUT2D eigenvalue weighted by molar-refractivity contribution is 0.282. The summed E-state index contributed by atoms with van der Waals surface area (Å²) in [5.74, 6) is 0. The van der Waals surface area contributed by atoms with Crippen LogP contribution in [0.5, 0.6) is 0 Å². The SMILES string of the molecule is OCc1ccnc(Cl)c1Cl. The fourth-order valence-electron chi connectivity index (χ4n) is 0.577. The summed E-state index contributed by atoms with van der Waals surface area (Å²) in [7, 11) is 0. The monoisotopic (exact) mass is 177 g/mol. The van der Waals surface area contributed by atoms with Crippen molar-refractivity contribution in [2.75, 3.05) is 0 Å². The second-order valence-electron chi connectivity index (χ2n) is 1.73. The van der Waals surface area contributed by atoms with Crippen molar-refractivity contribution in [1.29, 1.82) is 0 Å². The van der Waals surface area contributed by atoms with E-state index in [9.17, 15) is 0 Å². The molecule has 0 aliphatic carbocycles. The van der Waals surface area contributed by atoms with Crippen molar-refractivity contribution in [2.45, 2.75) is 6.61 Å². The Balaban J connectivity index is 3.14. The van der Waals surface area contributed by atoms with E-state index in [0.717, 1.165) is 0 Å². The molecule has 0 aliphatic heterocycles. The Kier molecular flexibility index (Phi) is 2.49. The van der Waals surface area contributed by atoms with Gasteiger partial charge in [-0.05, 0) is 6.07 Å². The van der Waals surface area contributed by atoms with Crippen molar-refractivity contribution >= 4 is 23.2 Å². The Labute approximate surface area is 68.4 Å². The number of aliphatic hydroxyl groups excluding tert-OH is 1. The Morgan fingerprint density at radius 1 is 1.50 bits per heavy atom. The van der Waals surface area contributed by atoms with Crippen LogP contribution in [-0.2, 0) is 6.61 Å². The highest BCUT2D eigenvalue weighted by molar-refractivity contribution is 6.41. The van der Waals surface area contributed by atoms with Gasteiger partial charge in [-0.15, -0.1) is 0 Å². The van der Waals surface area contributed by atoms with Crippen molar-refractivity contribution in [3.63, 3.8) is 0 Å². The molecule has 0 aliphatic rings. The van der Waals surface area contributed by atoms with Gasteiger partial charge in [-0.3, -0.25) is 0 Å². The summed E-state index contributed by atoms with van der Waals surface area (Å²) in [6, 6.07) is 1.62. The molecule has 1 N–H and O–H groups in total. The van der Waals surface area contributed by atoms with Crippen LogP contribution in [0, 0.1) is 0 Å². The van der Waals surface area contributed by atoms with Crippen LogP contribution in [-0.4, -0.2) is 10.1 Å². The van der Waals surface area contributed by atoms with Crippen molar-refractivity contribution in [1.82, 2.24) is 4.98 Å². The molecule has 1 heterocycles. The van der Waals surface area contributed by atoms with Gasteiger partial charge in [0.05, 0.1) is 11.6 Å². The van der Waals surface area contributed by atoms with Gasteiger partial charge < -0.3 is 5.11 Å². The highest BCUT2D eigenvalue weighted by Gasteiger charge is 2.02. The number of hydrogen-bond acceptors (Lipinski definition) is 2. The molecular formula is C6H5Cl2NO. The zero-order valence-electron chi connectivity index (χ0n) is 5.01. The summed E-state index contributed by atoms with van der Waals surface area (Å²) in [4.78, 5) is 3.71. The third-order valence-electron chi connectivity index (χ3n) is 1.10. The maximum atomic E-state index is 8.67. The lowest BCUT2D eigenvalue weighted by Gasteiger charge is -1.98. The molecule has 0 fully saturated rings. The van der Waals surface area contributed by atoms with Crippen LogP contribution in [0.15, 0.2) is 12.3 Å². The first-order valence-electron chi connectivity index (χ1n) is 2.65. The number of hydrogen-bond donors (Lipinski definition) is 1. The molecule has 0 amide bonds. The summed E-state index contributed by atoms with van der Waals surface area (Å²) in [6.07, 6.45) is 1.50. The first kappa shape index (κ1) is 7.79. The predicted molar refractivity (Wildman–Crippen MR) is 40.2 cm³/mol. The van der Waals surface area contributed by atoms with Crippen LogP contribution < -0.4 is 0 Å². The van der Waals surface area contributed by atoms with E-state index < -0.39 is 0 Å². The van der Waals surface area contributed by atoms with Gasteiger partial charge in [0.15, 0.2) is 0 Å². The van der Waals surface area contributed by atoms with Gasteiger partial charge >= 0.3 is 0 Å². The molecule has 54 valence electrons. The standard InChI is InChI=1S/C6H5Cl2NO/c7-5-4(3-10)1-2-9-6(5)8/h1-2,10H,3H2. The van der Waals surface area contributed by atoms with E-state index in [1.807, 2.05) is 0 Å². The molecule has 0 radical (unpaired) electrons. The number of nitrogens with zero attached hydrogens (tertiary/aromatic N) is 1. The van der Waals surface area contributed by atoms with Gasteiger partial charge in [0.2, 0.25) is 0 Å². The maximum absolute atomic E-state index is 8.67. The van der Waals surface area contributed by atoms with Gasteiger partial charge in [-0.25, -0.2) is 4.98 Å². The molecule has 10 heavy (non-hydrogen) atoms. The molecule has 0 bridgehead atoms. The maximum Gasteiger partial charge on any atom is 0.147 e. The Morgan fingerprint density at radius 2 is 2.20 bits per heavy atom. The molecule has 0 unspecified atom stereocenters. The van der Waals surface area contributed by atoms with Crippen LogP contribution in [0.1, 0.15) is 5.56 Å². The second kappa shape index (κ2) is 3.19. The number of halogens is 2. The van der Waals surface area contributed by atoms with Gasteiger partial charge in [-0.1, -0.05) is 23.2 Å². The third kappa shape index (κ3) is 1.40. The van der Waals surface area contributed by atoms with Crippen molar-refractivity contribution in [3.05, 3.63) is 28.0 Å². The Hall–Kier alpha value is -0.310. The van der Waals surface area contributed by atoms with Crippen molar-refractivity contribution in [3.8, 4) is 0 Å². The van der Waals surface area contributed by atoms with Gasteiger partial charge in [0.1, 0.15) is 5.15 Å². The summed E-state index contributed by atoms with van der Waals surface area (Å²) in [6.45, 7) is -0.110. The Morgan fingerprint density at radius 3 is 2.70 bits per heavy atom. The largest absolute Gasteiger partial charge is 0.392 e. The summed E-state index contributed by atoms with van der Waals surface area (Å²) >= 11 is 11.2. The van der Waals surface area contributed by atoms with E-state index in [1.165, 1.54) is 6.20 Å². The molecule has 4 heteroatoms. The Bertz CT molecular complexity index is 239. The number of aliphatic hydroxyl groups is 1. The number of rotatable bonds is 1. The second-order valence-corrected chi connectivity index (χ2v) is 2.47. The van der Waals surface area contributed by atoms with Crippen LogP contribution in [0.25, 0.3) is 0 Å². The van der Waals surface area contributed by atoms with Gasteiger partial charge in [-0.2, -0.15) is 0 Å². The van der Waals surface area contributed by atoms with E-state index in [1.54, 1.807) is 6.07 Å². The first-order valence-corrected chi connectivity index (χ1v) is 3.41. The third-order valence-corrected chi connectivity index (χ3v) is 1.90. The molecule has 0 saturated carbocycles. The topological polar surface area (TPSA) is 33.1 Å². The lowest BCUT2D eigenvalue weighted by atomic mass is 10.3. The average Bonchev–Trinajstić information content (AvgIpc) is 1.95. The van der Waals surface area contributed by atoms with E-state index in [0.29, 0.717) is 10.6 Å². The molecule has 0 saturated heterocycles. The zero-order chi connectivity index (χ0) is 7.56. The summed E-state index contributed by atoms with van der Waals surface area (Å²) in [5.41, 5.74) is 0.599. The lowest BCUT2D eigenvalue weighted by Crippen LogP contribution is -1.86. The molecule has 0 spiro atoms. The summed E-state index contributed by atoms with van der Waals surface area (Å²) in [5, 5.41) is 9.23. The fraction of sp³-hybridized carbons (Fsp3) is 0.167. The minimum Gasteiger partial charge on any atom is -0.392 e. The smallest absolute Gasteiger partial charge is 0.147 e. The van der Waals surface area contributed by atoms with Gasteiger partial charge in [0, 0.05) is 11.8 Å². The van der Waals surface area contributed by atoms with Gasteiger partial charge in [0.25, 0.3) is 0 Å². The van der Waals surface area contributed by atoms with E-state index in [4.69, 9.17) is 28.3 Å². The van der Waals surface area contributed by atoms with Crippen LogP contribution in [0.4, 0.5) is 0 Å². The van der Waals surface area contributed by atoms with Crippen molar-refractivity contribution in [2.24, 2.45) is 0 Å².